The van der Waals surface area contributed by atoms with E-state index in [-0.39, 0.29) is 6.04 Å². The van der Waals surface area contributed by atoms with Gasteiger partial charge in [0.25, 0.3) is 0 Å². The molecule has 0 spiro atoms. The molecule has 0 aliphatic heterocycles. The number of amides is 1. The molecule has 0 radical (unpaired) electrons. The van der Waals surface area contributed by atoms with Gasteiger partial charge in [-0.1, -0.05) is 48.0 Å². The number of nitrogens with one attached hydrogen (secondary N) is 1. The van der Waals surface area contributed by atoms with Crippen molar-refractivity contribution in [1.29, 1.82) is 0 Å². The first-order chi connectivity index (χ1) is 11.8. The van der Waals surface area contributed by atoms with Crippen molar-refractivity contribution in [1.82, 2.24) is 5.32 Å². The summed E-state index contributed by atoms with van der Waals surface area (Å²) in [5, 5.41) is 2.92. The average Bonchev–Trinajstić information content (AvgIpc) is 2.53. The molecular formula is C21H27NO3. The van der Waals surface area contributed by atoms with Crippen molar-refractivity contribution in [2.75, 3.05) is 6.61 Å². The van der Waals surface area contributed by atoms with Gasteiger partial charge in [0.05, 0.1) is 6.04 Å². The third kappa shape index (κ3) is 7.29. The largest absolute Gasteiger partial charge is 0.491 e. The van der Waals surface area contributed by atoms with Gasteiger partial charge >= 0.3 is 6.09 Å². The van der Waals surface area contributed by atoms with E-state index < -0.39 is 11.7 Å². The van der Waals surface area contributed by atoms with Crippen LogP contribution >= 0.6 is 0 Å². The summed E-state index contributed by atoms with van der Waals surface area (Å²) in [6, 6.07) is 17.7. The third-order valence-electron chi connectivity index (χ3n) is 3.52. The quantitative estimate of drug-likeness (QED) is 0.841. The predicted molar refractivity (Wildman–Crippen MR) is 100.0 cm³/mol. The van der Waals surface area contributed by atoms with Gasteiger partial charge in [-0.2, -0.15) is 0 Å². The number of rotatable bonds is 6. The Hall–Kier alpha value is -2.49. The van der Waals surface area contributed by atoms with E-state index in [0.29, 0.717) is 13.0 Å². The monoisotopic (exact) mass is 341 g/mol. The fourth-order valence-corrected chi connectivity index (χ4v) is 2.36. The molecule has 0 saturated carbocycles. The molecule has 1 amide bonds. The summed E-state index contributed by atoms with van der Waals surface area (Å²) in [5.74, 6) is 0.787. The molecule has 0 aliphatic rings. The molecule has 134 valence electrons. The Morgan fingerprint density at radius 2 is 1.68 bits per heavy atom. The predicted octanol–water partition coefficient (Wildman–Crippen LogP) is 4.51. The zero-order chi connectivity index (χ0) is 18.3. The van der Waals surface area contributed by atoms with Crippen LogP contribution in [0.2, 0.25) is 0 Å². The Balaban J connectivity index is 2.00. The number of ether oxygens (including phenoxy) is 2. The van der Waals surface area contributed by atoms with Crippen LogP contribution in [0.1, 0.15) is 31.9 Å². The second-order valence-electron chi connectivity index (χ2n) is 7.16. The lowest BCUT2D eigenvalue weighted by molar-refractivity contribution is 0.0488. The Morgan fingerprint density at radius 3 is 2.28 bits per heavy atom. The highest BCUT2D eigenvalue weighted by Crippen LogP contribution is 2.13. The van der Waals surface area contributed by atoms with Crippen LogP contribution in [0, 0.1) is 6.92 Å². The van der Waals surface area contributed by atoms with Crippen molar-refractivity contribution < 1.29 is 14.3 Å². The summed E-state index contributed by atoms with van der Waals surface area (Å²) in [7, 11) is 0. The zero-order valence-electron chi connectivity index (χ0n) is 15.4. The van der Waals surface area contributed by atoms with Crippen LogP contribution in [0.4, 0.5) is 4.79 Å². The summed E-state index contributed by atoms with van der Waals surface area (Å²) >= 11 is 0. The lowest BCUT2D eigenvalue weighted by Crippen LogP contribution is -2.43. The lowest BCUT2D eigenvalue weighted by atomic mass is 10.1. The molecule has 4 nitrogen and oxygen atoms in total. The molecule has 1 unspecified atom stereocenters. The summed E-state index contributed by atoms with van der Waals surface area (Å²) in [5.41, 5.74) is 1.79. The van der Waals surface area contributed by atoms with Crippen LogP contribution in [-0.4, -0.2) is 24.3 Å². The molecule has 0 bridgehead atoms. The maximum absolute atomic E-state index is 12.1. The molecule has 0 aromatic heterocycles. The molecule has 1 N–H and O–H groups in total. The van der Waals surface area contributed by atoms with Crippen molar-refractivity contribution in [2.24, 2.45) is 0 Å². The van der Waals surface area contributed by atoms with Gasteiger partial charge in [-0.3, -0.25) is 0 Å². The number of alkyl carbamates (subject to hydrolysis) is 1. The summed E-state index contributed by atoms with van der Waals surface area (Å²) in [4.78, 5) is 12.1. The highest BCUT2D eigenvalue weighted by Gasteiger charge is 2.20. The molecule has 4 heteroatoms. The average molecular weight is 341 g/mol. The Bertz CT molecular complexity index is 660. The summed E-state index contributed by atoms with van der Waals surface area (Å²) in [6.45, 7) is 7.95. The van der Waals surface area contributed by atoms with Crippen LogP contribution in [0.5, 0.6) is 5.75 Å². The smallest absolute Gasteiger partial charge is 0.408 e. The summed E-state index contributed by atoms with van der Waals surface area (Å²) in [6.07, 6.45) is 0.243. The molecule has 0 fully saturated rings. The SMILES string of the molecule is Cc1ccc(OCC(Cc2ccccc2)NC(=O)OC(C)(C)C)cc1. The molecule has 0 heterocycles. The van der Waals surface area contributed by atoms with E-state index >= 15 is 0 Å². The number of hydrogen-bond donors (Lipinski definition) is 1. The molecular weight excluding hydrogens is 314 g/mol. The Morgan fingerprint density at radius 1 is 1.04 bits per heavy atom. The first-order valence-corrected chi connectivity index (χ1v) is 8.55. The Kier molecular flexibility index (Phi) is 6.45. The minimum Gasteiger partial charge on any atom is -0.491 e. The number of benzene rings is 2. The fraction of sp³-hybridized carbons (Fsp3) is 0.381. The normalized spacial score (nSPS) is 12.3. The van der Waals surface area contributed by atoms with Crippen LogP contribution in [0.15, 0.2) is 54.6 Å². The first kappa shape index (κ1) is 18.8. The highest BCUT2D eigenvalue weighted by molar-refractivity contribution is 5.68. The Labute approximate surface area is 150 Å². The van der Waals surface area contributed by atoms with Crippen molar-refractivity contribution in [3.05, 3.63) is 65.7 Å². The zero-order valence-corrected chi connectivity index (χ0v) is 15.4. The molecule has 25 heavy (non-hydrogen) atoms. The van der Waals surface area contributed by atoms with Crippen LogP contribution in [0.25, 0.3) is 0 Å². The number of hydrogen-bond acceptors (Lipinski definition) is 3. The maximum Gasteiger partial charge on any atom is 0.408 e. The number of carbonyl (C=O) groups excluding carboxylic acids is 1. The maximum atomic E-state index is 12.1. The lowest BCUT2D eigenvalue weighted by Gasteiger charge is -2.24. The van der Waals surface area contributed by atoms with Gasteiger partial charge in [-0.05, 0) is 51.8 Å². The van der Waals surface area contributed by atoms with E-state index in [2.05, 4.69) is 5.32 Å². The van der Waals surface area contributed by atoms with Crippen LogP contribution in [0.3, 0.4) is 0 Å². The van der Waals surface area contributed by atoms with Gasteiger partial charge in [-0.15, -0.1) is 0 Å². The van der Waals surface area contributed by atoms with Gasteiger partial charge in [0.2, 0.25) is 0 Å². The van der Waals surface area contributed by atoms with Crippen LogP contribution < -0.4 is 10.1 Å². The number of aryl methyl sites for hydroxylation is 1. The minimum atomic E-state index is -0.529. The fourth-order valence-electron chi connectivity index (χ4n) is 2.36. The molecule has 2 aromatic carbocycles. The van der Waals surface area contributed by atoms with E-state index in [0.717, 1.165) is 11.3 Å². The second kappa shape index (κ2) is 8.56. The van der Waals surface area contributed by atoms with Gasteiger partial charge < -0.3 is 14.8 Å². The first-order valence-electron chi connectivity index (χ1n) is 8.55. The topological polar surface area (TPSA) is 47.6 Å². The van der Waals surface area contributed by atoms with E-state index in [1.54, 1.807) is 0 Å². The highest BCUT2D eigenvalue weighted by atomic mass is 16.6. The third-order valence-corrected chi connectivity index (χ3v) is 3.52. The van der Waals surface area contributed by atoms with Gasteiger partial charge in [0.15, 0.2) is 0 Å². The standard InChI is InChI=1S/C21H27NO3/c1-16-10-12-19(13-11-16)24-15-18(14-17-8-6-5-7-9-17)22-20(23)25-21(2,3)4/h5-13,18H,14-15H2,1-4H3,(H,22,23). The molecule has 2 rings (SSSR count). The molecule has 0 saturated heterocycles. The molecule has 0 aliphatic carbocycles. The van der Waals surface area contributed by atoms with E-state index in [1.807, 2.05) is 82.3 Å². The van der Waals surface area contributed by atoms with E-state index in [4.69, 9.17) is 9.47 Å². The van der Waals surface area contributed by atoms with E-state index in [9.17, 15) is 4.79 Å². The molecule has 1 atom stereocenters. The molecule has 2 aromatic rings. The van der Waals surface area contributed by atoms with E-state index in [1.165, 1.54) is 5.56 Å². The van der Waals surface area contributed by atoms with Crippen molar-refractivity contribution in [2.45, 2.75) is 45.8 Å². The van der Waals surface area contributed by atoms with Crippen molar-refractivity contribution in [3.63, 3.8) is 0 Å². The van der Waals surface area contributed by atoms with Crippen molar-refractivity contribution in [3.8, 4) is 5.75 Å². The van der Waals surface area contributed by atoms with Gasteiger partial charge in [0.1, 0.15) is 18.0 Å². The van der Waals surface area contributed by atoms with Crippen LogP contribution in [-0.2, 0) is 11.2 Å². The van der Waals surface area contributed by atoms with Gasteiger partial charge in [-0.25, -0.2) is 4.79 Å². The summed E-state index contributed by atoms with van der Waals surface area (Å²) < 4.78 is 11.2. The van der Waals surface area contributed by atoms with Gasteiger partial charge in [0, 0.05) is 0 Å². The van der Waals surface area contributed by atoms with Crippen molar-refractivity contribution >= 4 is 6.09 Å². The number of carbonyl (C=O) groups is 1. The second-order valence-corrected chi connectivity index (χ2v) is 7.16. The minimum absolute atomic E-state index is 0.182.